The van der Waals surface area contributed by atoms with Crippen molar-refractivity contribution in [2.45, 2.75) is 64.8 Å². The molecule has 0 aliphatic rings. The van der Waals surface area contributed by atoms with E-state index in [1.54, 1.807) is 19.2 Å². The standard InChI is InChI=1S/C33H41N3O3/c1-4-25(2)26-18-20-27(21-19-26)39-24-12-23-36-30-15-9-8-14-29(30)35-32(36)17-6-5-11-22-34-33(37)28-13-7-10-16-31(28)38-3/h7-10,13-16,18-21,25H,4-6,11-12,17,22-24H2,1-3H3,(H,34,37). The van der Waals surface area contributed by atoms with Crippen LogP contribution in [0, 0.1) is 0 Å². The maximum atomic E-state index is 12.5. The Bertz CT molecular complexity index is 1330. The number of rotatable bonds is 15. The summed E-state index contributed by atoms with van der Waals surface area (Å²) in [6.07, 6.45) is 5.92. The van der Waals surface area contributed by atoms with E-state index >= 15 is 0 Å². The highest BCUT2D eigenvalue weighted by Crippen LogP contribution is 2.22. The van der Waals surface area contributed by atoms with Gasteiger partial charge in [0.05, 0.1) is 30.3 Å². The number of fused-ring (bicyclic) bond motifs is 1. The van der Waals surface area contributed by atoms with E-state index in [0.29, 0.717) is 30.4 Å². The first-order valence-electron chi connectivity index (χ1n) is 14.2. The largest absolute Gasteiger partial charge is 0.496 e. The smallest absolute Gasteiger partial charge is 0.255 e. The van der Waals surface area contributed by atoms with E-state index in [1.165, 1.54) is 11.1 Å². The molecule has 39 heavy (non-hydrogen) atoms. The van der Waals surface area contributed by atoms with Crippen LogP contribution >= 0.6 is 0 Å². The fraction of sp³-hybridized carbons (Fsp3) is 0.394. The quantitative estimate of drug-likeness (QED) is 0.166. The average Bonchev–Trinajstić information content (AvgIpc) is 3.33. The molecule has 0 saturated heterocycles. The second-order valence-corrected chi connectivity index (χ2v) is 10.0. The average molecular weight is 528 g/mol. The van der Waals surface area contributed by atoms with Crippen LogP contribution in [0.4, 0.5) is 0 Å². The number of benzene rings is 3. The number of aromatic nitrogens is 2. The summed E-state index contributed by atoms with van der Waals surface area (Å²) in [6, 6.07) is 24.2. The first kappa shape index (κ1) is 28.2. The van der Waals surface area contributed by atoms with Crippen LogP contribution in [0.5, 0.6) is 11.5 Å². The Labute approximate surface area is 232 Å². The van der Waals surface area contributed by atoms with Gasteiger partial charge in [-0.2, -0.15) is 0 Å². The molecule has 1 atom stereocenters. The van der Waals surface area contributed by atoms with Gasteiger partial charge in [0.2, 0.25) is 0 Å². The molecular formula is C33H41N3O3. The SMILES string of the molecule is CCC(C)c1ccc(OCCCn2c(CCCCCNC(=O)c3ccccc3OC)nc3ccccc32)cc1. The van der Waals surface area contributed by atoms with E-state index in [2.05, 4.69) is 66.2 Å². The number of hydrogen-bond acceptors (Lipinski definition) is 4. The van der Waals surface area contributed by atoms with Crippen molar-refractivity contribution in [1.29, 1.82) is 0 Å². The van der Waals surface area contributed by atoms with Gasteiger partial charge < -0.3 is 19.4 Å². The Hall–Kier alpha value is -3.80. The molecule has 1 N–H and O–H groups in total. The minimum absolute atomic E-state index is 0.0945. The van der Waals surface area contributed by atoms with Gasteiger partial charge in [0.25, 0.3) is 5.91 Å². The highest BCUT2D eigenvalue weighted by Gasteiger charge is 2.12. The first-order chi connectivity index (χ1) is 19.1. The molecule has 0 radical (unpaired) electrons. The van der Waals surface area contributed by atoms with Gasteiger partial charge in [-0.05, 0) is 73.6 Å². The lowest BCUT2D eigenvalue weighted by Gasteiger charge is -2.12. The molecule has 4 aromatic rings. The molecule has 0 fully saturated rings. The lowest BCUT2D eigenvalue weighted by atomic mass is 9.99. The molecule has 1 unspecified atom stereocenters. The highest BCUT2D eigenvalue weighted by atomic mass is 16.5. The minimum atomic E-state index is -0.0945. The van der Waals surface area contributed by atoms with E-state index in [0.717, 1.165) is 62.2 Å². The summed E-state index contributed by atoms with van der Waals surface area (Å²) < 4.78 is 13.7. The maximum absolute atomic E-state index is 12.5. The van der Waals surface area contributed by atoms with Crippen LogP contribution in [-0.2, 0) is 13.0 Å². The Morgan fingerprint density at radius 1 is 0.949 bits per heavy atom. The number of unbranched alkanes of at least 4 members (excludes halogenated alkanes) is 2. The highest BCUT2D eigenvalue weighted by molar-refractivity contribution is 5.96. The predicted octanol–water partition coefficient (Wildman–Crippen LogP) is 7.17. The van der Waals surface area contributed by atoms with Gasteiger partial charge in [0.1, 0.15) is 17.3 Å². The van der Waals surface area contributed by atoms with Crippen molar-refractivity contribution < 1.29 is 14.3 Å². The van der Waals surface area contributed by atoms with Crippen molar-refractivity contribution in [3.63, 3.8) is 0 Å². The van der Waals surface area contributed by atoms with E-state index in [1.807, 2.05) is 18.2 Å². The Morgan fingerprint density at radius 3 is 2.51 bits per heavy atom. The zero-order valence-corrected chi connectivity index (χ0v) is 23.5. The fourth-order valence-electron chi connectivity index (χ4n) is 4.82. The molecule has 0 bridgehead atoms. The zero-order chi connectivity index (χ0) is 27.5. The van der Waals surface area contributed by atoms with Crippen LogP contribution in [0.1, 0.15) is 73.6 Å². The maximum Gasteiger partial charge on any atom is 0.255 e. The van der Waals surface area contributed by atoms with Gasteiger partial charge in [-0.3, -0.25) is 4.79 Å². The molecule has 1 aromatic heterocycles. The van der Waals surface area contributed by atoms with Gasteiger partial charge in [-0.25, -0.2) is 4.98 Å². The molecule has 0 aliphatic heterocycles. The molecular weight excluding hydrogens is 486 g/mol. The summed E-state index contributed by atoms with van der Waals surface area (Å²) in [6.45, 7) is 6.65. The molecule has 6 heteroatoms. The number of para-hydroxylation sites is 3. The minimum Gasteiger partial charge on any atom is -0.496 e. The second-order valence-electron chi connectivity index (χ2n) is 10.0. The van der Waals surface area contributed by atoms with Gasteiger partial charge in [-0.1, -0.05) is 56.7 Å². The summed E-state index contributed by atoms with van der Waals surface area (Å²) in [7, 11) is 1.58. The number of nitrogens with one attached hydrogen (secondary N) is 1. The van der Waals surface area contributed by atoms with Gasteiger partial charge in [0.15, 0.2) is 0 Å². The van der Waals surface area contributed by atoms with Gasteiger partial charge >= 0.3 is 0 Å². The third kappa shape index (κ3) is 7.62. The number of carbonyl (C=O) groups excluding carboxylic acids is 1. The fourth-order valence-corrected chi connectivity index (χ4v) is 4.82. The number of methoxy groups -OCH3 is 1. The van der Waals surface area contributed by atoms with Gasteiger partial charge in [-0.15, -0.1) is 0 Å². The molecule has 0 aliphatic carbocycles. The van der Waals surface area contributed by atoms with Crippen LogP contribution in [0.15, 0.2) is 72.8 Å². The Morgan fingerprint density at radius 2 is 1.72 bits per heavy atom. The topological polar surface area (TPSA) is 65.4 Å². The van der Waals surface area contributed by atoms with Crippen molar-refractivity contribution >= 4 is 16.9 Å². The summed E-state index contributed by atoms with van der Waals surface area (Å²) >= 11 is 0. The van der Waals surface area contributed by atoms with Crippen LogP contribution in [0.2, 0.25) is 0 Å². The lowest BCUT2D eigenvalue weighted by Crippen LogP contribution is -2.24. The number of carbonyl (C=O) groups is 1. The van der Waals surface area contributed by atoms with Crippen molar-refractivity contribution in [1.82, 2.24) is 14.9 Å². The lowest BCUT2D eigenvalue weighted by molar-refractivity contribution is 0.0950. The number of amides is 1. The summed E-state index contributed by atoms with van der Waals surface area (Å²) in [5.74, 6) is 3.12. The number of ether oxygens (including phenoxy) is 2. The third-order valence-electron chi connectivity index (χ3n) is 7.30. The molecule has 4 rings (SSSR count). The van der Waals surface area contributed by atoms with E-state index < -0.39 is 0 Å². The molecule has 0 saturated carbocycles. The van der Waals surface area contributed by atoms with E-state index in [4.69, 9.17) is 14.5 Å². The number of aryl methyl sites for hydroxylation is 2. The summed E-state index contributed by atoms with van der Waals surface area (Å²) in [5.41, 5.74) is 4.14. The summed E-state index contributed by atoms with van der Waals surface area (Å²) in [5, 5.41) is 3.01. The molecule has 206 valence electrons. The molecule has 3 aromatic carbocycles. The van der Waals surface area contributed by atoms with Crippen LogP contribution in [0.3, 0.4) is 0 Å². The van der Waals surface area contributed by atoms with Crippen molar-refractivity contribution in [3.8, 4) is 11.5 Å². The van der Waals surface area contributed by atoms with Crippen molar-refractivity contribution in [2.24, 2.45) is 0 Å². The molecule has 6 nitrogen and oxygen atoms in total. The summed E-state index contributed by atoms with van der Waals surface area (Å²) in [4.78, 5) is 17.4. The van der Waals surface area contributed by atoms with Crippen molar-refractivity contribution in [2.75, 3.05) is 20.3 Å². The molecule has 1 heterocycles. The Balaban J connectivity index is 1.24. The third-order valence-corrected chi connectivity index (χ3v) is 7.30. The number of imidazole rings is 1. The van der Waals surface area contributed by atoms with E-state index in [-0.39, 0.29) is 5.91 Å². The Kier molecular flexibility index (Phi) is 10.4. The normalized spacial score (nSPS) is 11.9. The number of nitrogens with zero attached hydrogens (tertiary/aromatic N) is 2. The number of hydrogen-bond donors (Lipinski definition) is 1. The van der Waals surface area contributed by atoms with Crippen molar-refractivity contribution in [3.05, 3.63) is 89.7 Å². The monoisotopic (exact) mass is 527 g/mol. The van der Waals surface area contributed by atoms with Crippen LogP contribution in [-0.4, -0.2) is 35.7 Å². The van der Waals surface area contributed by atoms with Crippen LogP contribution in [0.25, 0.3) is 11.0 Å². The second kappa shape index (κ2) is 14.4. The molecule has 1 amide bonds. The predicted molar refractivity (Wildman–Crippen MR) is 158 cm³/mol. The van der Waals surface area contributed by atoms with E-state index in [9.17, 15) is 4.79 Å². The van der Waals surface area contributed by atoms with Crippen LogP contribution < -0.4 is 14.8 Å². The molecule has 0 spiro atoms. The van der Waals surface area contributed by atoms with Gasteiger partial charge in [0, 0.05) is 19.5 Å². The first-order valence-corrected chi connectivity index (χ1v) is 14.2. The zero-order valence-electron chi connectivity index (χ0n) is 23.5.